The summed E-state index contributed by atoms with van der Waals surface area (Å²) in [4.78, 5) is 2.57. The Morgan fingerprint density at radius 1 is 0.417 bits per heavy atom. The SMILES string of the molecule is CC1CC=C2c3c(ccc4ccccc34)-c3ccc(-c4cc(-n5c6ccccc6c6ccccc65)cc(-n5c6ccccc6c6ccccc65)c4)cc3N2c2ccccc21. The Labute approximate surface area is 348 Å². The zero-order valence-electron chi connectivity index (χ0n) is 33.2. The topological polar surface area (TPSA) is 13.1 Å². The lowest BCUT2D eigenvalue weighted by atomic mass is 9.85. The molecule has 0 aliphatic carbocycles. The summed E-state index contributed by atoms with van der Waals surface area (Å²) in [7, 11) is 0. The minimum Gasteiger partial charge on any atom is -0.309 e. The van der Waals surface area contributed by atoms with Gasteiger partial charge in [-0.3, -0.25) is 0 Å². The van der Waals surface area contributed by atoms with Gasteiger partial charge < -0.3 is 14.0 Å². The Morgan fingerprint density at radius 3 is 1.55 bits per heavy atom. The van der Waals surface area contributed by atoms with Gasteiger partial charge in [0.15, 0.2) is 0 Å². The molecule has 0 N–H and O–H groups in total. The third-order valence-corrected chi connectivity index (χ3v) is 13.2. The second kappa shape index (κ2) is 12.7. The maximum Gasteiger partial charge on any atom is 0.0546 e. The zero-order valence-corrected chi connectivity index (χ0v) is 33.2. The Balaban J connectivity index is 1.11. The molecule has 4 heterocycles. The number of rotatable bonds is 3. The molecule has 0 spiro atoms. The molecule has 9 aromatic carbocycles. The van der Waals surface area contributed by atoms with Gasteiger partial charge in [-0.25, -0.2) is 0 Å². The third kappa shape index (κ3) is 4.72. The summed E-state index contributed by atoms with van der Waals surface area (Å²) < 4.78 is 4.91. The van der Waals surface area contributed by atoms with E-state index in [4.69, 9.17) is 0 Å². The first-order valence-corrected chi connectivity index (χ1v) is 21.1. The molecule has 3 nitrogen and oxygen atoms in total. The smallest absolute Gasteiger partial charge is 0.0546 e. The van der Waals surface area contributed by atoms with Crippen LogP contribution in [-0.2, 0) is 0 Å². The fraction of sp³-hybridized carbons (Fsp3) is 0.0526. The lowest BCUT2D eigenvalue weighted by Gasteiger charge is -2.37. The average Bonchev–Trinajstić information content (AvgIpc) is 3.78. The summed E-state index contributed by atoms with van der Waals surface area (Å²) in [6, 6.07) is 72.2. The van der Waals surface area contributed by atoms with Crippen molar-refractivity contribution >= 4 is 71.5 Å². The molecule has 282 valence electrons. The third-order valence-electron chi connectivity index (χ3n) is 13.2. The molecule has 0 radical (unpaired) electrons. The molecule has 2 aliphatic heterocycles. The Morgan fingerprint density at radius 2 is 0.933 bits per heavy atom. The van der Waals surface area contributed by atoms with Gasteiger partial charge in [-0.1, -0.05) is 153 Å². The highest BCUT2D eigenvalue weighted by Crippen LogP contribution is 2.54. The van der Waals surface area contributed by atoms with E-state index in [1.165, 1.54) is 105 Å². The highest BCUT2D eigenvalue weighted by Gasteiger charge is 2.33. The lowest BCUT2D eigenvalue weighted by Crippen LogP contribution is -2.21. The van der Waals surface area contributed by atoms with Crippen LogP contribution in [0, 0.1) is 0 Å². The fourth-order valence-electron chi connectivity index (χ4n) is 10.5. The predicted octanol–water partition coefficient (Wildman–Crippen LogP) is 15.4. The molecule has 3 heteroatoms. The summed E-state index contributed by atoms with van der Waals surface area (Å²) in [5.74, 6) is 0.390. The molecule has 0 bridgehead atoms. The monoisotopic (exact) mass is 765 g/mol. The molecule has 1 unspecified atom stereocenters. The van der Waals surface area contributed by atoms with Crippen molar-refractivity contribution < 1.29 is 0 Å². The van der Waals surface area contributed by atoms with Gasteiger partial charge in [0, 0.05) is 49.7 Å². The molecule has 0 saturated carbocycles. The largest absolute Gasteiger partial charge is 0.309 e. The maximum atomic E-state index is 2.57. The van der Waals surface area contributed by atoms with E-state index in [0.717, 1.165) is 17.8 Å². The van der Waals surface area contributed by atoms with Crippen LogP contribution in [0.1, 0.15) is 30.4 Å². The van der Waals surface area contributed by atoms with Crippen molar-refractivity contribution in [2.75, 3.05) is 4.90 Å². The van der Waals surface area contributed by atoms with E-state index in [1.54, 1.807) is 0 Å². The van der Waals surface area contributed by atoms with Gasteiger partial charge in [0.25, 0.3) is 0 Å². The molecule has 1 atom stereocenters. The summed E-state index contributed by atoms with van der Waals surface area (Å²) in [6.45, 7) is 2.37. The number of anilines is 2. The summed E-state index contributed by atoms with van der Waals surface area (Å²) in [6.07, 6.45) is 3.47. The van der Waals surface area contributed by atoms with E-state index in [9.17, 15) is 0 Å². The quantitative estimate of drug-likeness (QED) is 0.175. The fourth-order valence-corrected chi connectivity index (χ4v) is 10.5. The second-order valence-corrected chi connectivity index (χ2v) is 16.5. The van der Waals surface area contributed by atoms with Crippen molar-refractivity contribution in [3.8, 4) is 33.6 Å². The van der Waals surface area contributed by atoms with Crippen molar-refractivity contribution in [2.45, 2.75) is 19.3 Å². The highest BCUT2D eigenvalue weighted by molar-refractivity contribution is 6.13. The highest BCUT2D eigenvalue weighted by atomic mass is 15.2. The van der Waals surface area contributed by atoms with E-state index < -0.39 is 0 Å². The first-order chi connectivity index (χ1) is 29.7. The van der Waals surface area contributed by atoms with Crippen LogP contribution in [0.4, 0.5) is 11.4 Å². The van der Waals surface area contributed by atoms with Crippen LogP contribution in [-0.4, -0.2) is 9.13 Å². The number of para-hydroxylation sites is 5. The first-order valence-electron chi connectivity index (χ1n) is 21.1. The number of allylic oxidation sites excluding steroid dienone is 1. The van der Waals surface area contributed by atoms with Crippen molar-refractivity contribution in [1.82, 2.24) is 9.13 Å². The Bertz CT molecular complexity index is 3380. The number of fused-ring (bicyclic) bond motifs is 16. The minimum absolute atomic E-state index is 0.390. The molecular weight excluding hydrogens is 727 g/mol. The van der Waals surface area contributed by atoms with Crippen LogP contribution in [0.2, 0.25) is 0 Å². The van der Waals surface area contributed by atoms with Gasteiger partial charge in [0.05, 0.1) is 33.5 Å². The van der Waals surface area contributed by atoms with Gasteiger partial charge in [-0.05, 0) is 100.0 Å². The number of aromatic nitrogens is 2. The van der Waals surface area contributed by atoms with Gasteiger partial charge in [-0.2, -0.15) is 0 Å². The lowest BCUT2D eigenvalue weighted by molar-refractivity contribution is 0.788. The second-order valence-electron chi connectivity index (χ2n) is 16.5. The van der Waals surface area contributed by atoms with Crippen molar-refractivity contribution in [1.29, 1.82) is 0 Å². The standard InChI is InChI=1S/C57H39N3/c1-36-26-31-55-57-43-16-3-2-14-37(43)27-30-49(57)48-29-28-38(34-56(48)60(55)50-21-9-4-15-42(36)50)39-32-40(58-51-22-10-5-17-44(51)45-18-6-11-23-52(45)58)35-41(33-39)59-53-24-12-7-19-46(53)47-20-8-13-25-54(47)59/h2-25,27-36H,26H2,1H3. The Hall–Kier alpha value is -7.62. The van der Waals surface area contributed by atoms with Crippen LogP contribution in [0.15, 0.2) is 200 Å². The maximum absolute atomic E-state index is 2.57. The number of nitrogens with zero attached hydrogens (tertiary/aromatic N) is 3. The van der Waals surface area contributed by atoms with Crippen molar-refractivity contribution in [3.05, 3.63) is 211 Å². The Kier molecular flexibility index (Phi) is 7.06. The number of hydrogen-bond acceptors (Lipinski definition) is 1. The molecule has 0 fully saturated rings. The summed E-state index contributed by atoms with van der Waals surface area (Å²) in [5.41, 5.74) is 18.4. The normalized spacial score (nSPS) is 14.6. The van der Waals surface area contributed by atoms with E-state index in [-0.39, 0.29) is 0 Å². The van der Waals surface area contributed by atoms with Crippen LogP contribution in [0.5, 0.6) is 0 Å². The van der Waals surface area contributed by atoms with Gasteiger partial charge in [0.2, 0.25) is 0 Å². The van der Waals surface area contributed by atoms with E-state index in [1.807, 2.05) is 0 Å². The summed E-state index contributed by atoms with van der Waals surface area (Å²) in [5, 5.41) is 7.58. The summed E-state index contributed by atoms with van der Waals surface area (Å²) >= 11 is 0. The van der Waals surface area contributed by atoms with E-state index in [2.05, 4.69) is 221 Å². The van der Waals surface area contributed by atoms with Crippen LogP contribution >= 0.6 is 0 Å². The van der Waals surface area contributed by atoms with Crippen molar-refractivity contribution in [3.63, 3.8) is 0 Å². The first kappa shape index (κ1) is 33.4. The van der Waals surface area contributed by atoms with E-state index in [0.29, 0.717) is 5.92 Å². The zero-order chi connectivity index (χ0) is 39.5. The molecular formula is C57H39N3. The molecule has 2 aliphatic rings. The molecule has 0 saturated heterocycles. The molecule has 13 rings (SSSR count). The predicted molar refractivity (Wildman–Crippen MR) is 253 cm³/mol. The average molecular weight is 766 g/mol. The van der Waals surface area contributed by atoms with Crippen LogP contribution in [0.25, 0.3) is 93.7 Å². The number of benzene rings is 9. The van der Waals surface area contributed by atoms with Gasteiger partial charge in [-0.15, -0.1) is 0 Å². The minimum atomic E-state index is 0.390. The van der Waals surface area contributed by atoms with Gasteiger partial charge >= 0.3 is 0 Å². The van der Waals surface area contributed by atoms with Crippen LogP contribution in [0.3, 0.4) is 0 Å². The molecule has 60 heavy (non-hydrogen) atoms. The number of hydrogen-bond donors (Lipinski definition) is 0. The molecule has 11 aromatic rings. The van der Waals surface area contributed by atoms with Gasteiger partial charge in [0.1, 0.15) is 0 Å². The van der Waals surface area contributed by atoms with Crippen LogP contribution < -0.4 is 4.90 Å². The van der Waals surface area contributed by atoms with E-state index >= 15 is 0 Å². The molecule has 2 aromatic heterocycles. The molecule has 0 amide bonds. The van der Waals surface area contributed by atoms with Crippen molar-refractivity contribution in [2.24, 2.45) is 0 Å².